The minimum Gasteiger partial charge on any atom is -0.456 e. The van der Waals surface area contributed by atoms with E-state index in [9.17, 15) is 0 Å². The Balaban J connectivity index is 0.991. The van der Waals surface area contributed by atoms with Crippen LogP contribution < -0.4 is 4.90 Å². The van der Waals surface area contributed by atoms with Crippen molar-refractivity contribution in [1.29, 1.82) is 0 Å². The Kier molecular flexibility index (Phi) is 7.89. The SMILES string of the molecule is c1ccc(-c2ccc3cc(N(c4ccc(-c5ccccc5-c5cc6ccccc6c6ccccc56)cc4)c4ccc5cc6c(cc5c4)oc4ccccc46)ccc3c2)cc1. The highest BCUT2D eigenvalue weighted by molar-refractivity contribution is 6.15. The van der Waals surface area contributed by atoms with E-state index >= 15 is 0 Å². The second-order valence-corrected chi connectivity index (χ2v) is 15.7. The first-order valence-corrected chi connectivity index (χ1v) is 20.6. The molecule has 11 aromatic carbocycles. The lowest BCUT2D eigenvalue weighted by atomic mass is 9.89. The second kappa shape index (κ2) is 13.9. The van der Waals surface area contributed by atoms with Crippen LogP contribution >= 0.6 is 0 Å². The number of anilines is 3. The van der Waals surface area contributed by atoms with Crippen molar-refractivity contribution in [3.63, 3.8) is 0 Å². The highest BCUT2D eigenvalue weighted by Crippen LogP contribution is 2.43. The van der Waals surface area contributed by atoms with Gasteiger partial charge in [0.15, 0.2) is 0 Å². The van der Waals surface area contributed by atoms with Gasteiger partial charge < -0.3 is 9.32 Å². The standard InChI is InChI=1S/C58H37NO/c1-2-12-38(13-3-1)40-22-23-42-33-47(30-26-41(42)32-40)59(48-31-27-43-35-56-54-20-10-11-21-57(54)60-58(56)37-45(43)34-48)46-28-24-39(25-29-46)49-15-6-7-18-52(49)55-36-44-14-4-5-16-50(44)51-17-8-9-19-53(51)55/h1-37H. The van der Waals surface area contributed by atoms with E-state index in [1.165, 1.54) is 71.1 Å². The number of furan rings is 1. The van der Waals surface area contributed by atoms with Crippen LogP contribution in [0.25, 0.3) is 98.4 Å². The van der Waals surface area contributed by atoms with Crippen LogP contribution in [0.3, 0.4) is 0 Å². The van der Waals surface area contributed by atoms with E-state index in [0.717, 1.165) is 44.4 Å². The maximum atomic E-state index is 6.35. The zero-order chi connectivity index (χ0) is 39.6. The summed E-state index contributed by atoms with van der Waals surface area (Å²) in [6, 6.07) is 81.4. The van der Waals surface area contributed by atoms with Crippen LogP contribution in [-0.2, 0) is 0 Å². The molecule has 0 radical (unpaired) electrons. The molecular weight excluding hydrogens is 727 g/mol. The number of rotatable bonds is 6. The molecule has 2 nitrogen and oxygen atoms in total. The van der Waals surface area contributed by atoms with Crippen LogP contribution in [0.1, 0.15) is 0 Å². The summed E-state index contributed by atoms with van der Waals surface area (Å²) in [4.78, 5) is 2.37. The quantitative estimate of drug-likeness (QED) is 0.157. The summed E-state index contributed by atoms with van der Waals surface area (Å²) in [5, 5.41) is 12.0. The first-order chi connectivity index (χ1) is 29.7. The molecule has 12 aromatic rings. The first kappa shape index (κ1) is 34.1. The molecule has 0 amide bonds. The largest absolute Gasteiger partial charge is 0.456 e. The van der Waals surface area contributed by atoms with Gasteiger partial charge >= 0.3 is 0 Å². The van der Waals surface area contributed by atoms with Gasteiger partial charge in [-0.3, -0.25) is 0 Å². The summed E-state index contributed by atoms with van der Waals surface area (Å²) < 4.78 is 6.35. The maximum absolute atomic E-state index is 6.35. The van der Waals surface area contributed by atoms with Gasteiger partial charge in [0.25, 0.3) is 0 Å². The predicted octanol–water partition coefficient (Wildman–Crippen LogP) is 16.7. The van der Waals surface area contributed by atoms with Crippen molar-refractivity contribution < 1.29 is 4.42 Å². The van der Waals surface area contributed by atoms with Crippen molar-refractivity contribution in [3.8, 4) is 33.4 Å². The Hall–Kier alpha value is -7.94. The Morgan fingerprint density at radius 1 is 0.250 bits per heavy atom. The molecule has 2 heteroatoms. The van der Waals surface area contributed by atoms with Crippen molar-refractivity contribution >= 4 is 82.1 Å². The molecule has 280 valence electrons. The molecule has 0 aliphatic rings. The summed E-state index contributed by atoms with van der Waals surface area (Å²) in [6.45, 7) is 0. The number of hydrogen-bond acceptors (Lipinski definition) is 2. The summed E-state index contributed by atoms with van der Waals surface area (Å²) in [6.07, 6.45) is 0. The number of nitrogens with zero attached hydrogens (tertiary/aromatic N) is 1. The number of hydrogen-bond donors (Lipinski definition) is 0. The van der Waals surface area contributed by atoms with E-state index in [2.05, 4.69) is 217 Å². The van der Waals surface area contributed by atoms with Crippen molar-refractivity contribution in [2.45, 2.75) is 0 Å². The van der Waals surface area contributed by atoms with E-state index in [-0.39, 0.29) is 0 Å². The third kappa shape index (κ3) is 5.73. The lowest BCUT2D eigenvalue weighted by molar-refractivity contribution is 0.669. The van der Waals surface area contributed by atoms with E-state index in [4.69, 9.17) is 4.42 Å². The first-order valence-electron chi connectivity index (χ1n) is 20.6. The van der Waals surface area contributed by atoms with Crippen LogP contribution in [0.5, 0.6) is 0 Å². The monoisotopic (exact) mass is 763 g/mol. The molecule has 0 bridgehead atoms. The lowest BCUT2D eigenvalue weighted by Crippen LogP contribution is -2.10. The van der Waals surface area contributed by atoms with Gasteiger partial charge in [-0.1, -0.05) is 158 Å². The molecule has 0 spiro atoms. The highest BCUT2D eigenvalue weighted by Gasteiger charge is 2.18. The van der Waals surface area contributed by atoms with Gasteiger partial charge in [0.1, 0.15) is 11.2 Å². The average Bonchev–Trinajstić information content (AvgIpc) is 3.68. The Labute approximate surface area is 347 Å². The van der Waals surface area contributed by atoms with Crippen molar-refractivity contribution in [2.75, 3.05) is 4.90 Å². The van der Waals surface area contributed by atoms with Gasteiger partial charge in [0, 0.05) is 27.8 Å². The highest BCUT2D eigenvalue weighted by atomic mass is 16.3. The Morgan fingerprint density at radius 2 is 0.833 bits per heavy atom. The zero-order valence-corrected chi connectivity index (χ0v) is 32.7. The zero-order valence-electron chi connectivity index (χ0n) is 32.7. The minimum absolute atomic E-state index is 0.898. The molecule has 60 heavy (non-hydrogen) atoms. The molecule has 0 N–H and O–H groups in total. The molecule has 1 heterocycles. The number of para-hydroxylation sites is 1. The summed E-state index contributed by atoms with van der Waals surface area (Å²) in [7, 11) is 0. The normalized spacial score (nSPS) is 11.7. The molecule has 0 saturated carbocycles. The molecule has 0 unspecified atom stereocenters. The van der Waals surface area contributed by atoms with Gasteiger partial charge in [0.2, 0.25) is 0 Å². The number of fused-ring (bicyclic) bond motifs is 8. The van der Waals surface area contributed by atoms with Crippen LogP contribution in [-0.4, -0.2) is 0 Å². The molecule has 0 aliphatic carbocycles. The molecule has 0 fully saturated rings. The van der Waals surface area contributed by atoms with Gasteiger partial charge in [0.05, 0.1) is 0 Å². The topological polar surface area (TPSA) is 16.4 Å². The summed E-state index contributed by atoms with van der Waals surface area (Å²) in [5.74, 6) is 0. The third-order valence-electron chi connectivity index (χ3n) is 12.2. The van der Waals surface area contributed by atoms with Crippen molar-refractivity contribution in [2.24, 2.45) is 0 Å². The molecular formula is C58H37NO. The smallest absolute Gasteiger partial charge is 0.136 e. The van der Waals surface area contributed by atoms with Crippen molar-refractivity contribution in [3.05, 3.63) is 224 Å². The summed E-state index contributed by atoms with van der Waals surface area (Å²) >= 11 is 0. The predicted molar refractivity (Wildman–Crippen MR) is 255 cm³/mol. The fraction of sp³-hybridized carbons (Fsp3) is 0. The summed E-state index contributed by atoms with van der Waals surface area (Å²) in [5.41, 5.74) is 12.3. The van der Waals surface area contributed by atoms with Gasteiger partial charge in [-0.15, -0.1) is 0 Å². The Morgan fingerprint density at radius 3 is 1.65 bits per heavy atom. The van der Waals surface area contributed by atoms with Gasteiger partial charge in [-0.05, 0) is 143 Å². The van der Waals surface area contributed by atoms with Crippen LogP contribution in [0, 0.1) is 0 Å². The van der Waals surface area contributed by atoms with Crippen LogP contribution in [0.15, 0.2) is 229 Å². The molecule has 0 atom stereocenters. The number of benzene rings is 11. The third-order valence-corrected chi connectivity index (χ3v) is 12.2. The second-order valence-electron chi connectivity index (χ2n) is 15.7. The van der Waals surface area contributed by atoms with E-state index in [0.29, 0.717) is 0 Å². The lowest BCUT2D eigenvalue weighted by Gasteiger charge is -2.26. The fourth-order valence-electron chi connectivity index (χ4n) is 9.26. The molecule has 0 saturated heterocycles. The molecule has 0 aliphatic heterocycles. The molecule has 12 rings (SSSR count). The maximum Gasteiger partial charge on any atom is 0.136 e. The fourth-order valence-corrected chi connectivity index (χ4v) is 9.26. The van der Waals surface area contributed by atoms with Crippen molar-refractivity contribution in [1.82, 2.24) is 0 Å². The van der Waals surface area contributed by atoms with E-state index < -0.39 is 0 Å². The van der Waals surface area contributed by atoms with E-state index in [1.807, 2.05) is 12.1 Å². The molecule has 1 aromatic heterocycles. The Bertz CT molecular complexity index is 3600. The van der Waals surface area contributed by atoms with Gasteiger partial charge in [-0.25, -0.2) is 0 Å². The van der Waals surface area contributed by atoms with Crippen LogP contribution in [0.4, 0.5) is 17.1 Å². The van der Waals surface area contributed by atoms with Crippen LogP contribution in [0.2, 0.25) is 0 Å². The average molecular weight is 764 g/mol. The minimum atomic E-state index is 0.898. The van der Waals surface area contributed by atoms with E-state index in [1.54, 1.807) is 0 Å². The van der Waals surface area contributed by atoms with Gasteiger partial charge in [-0.2, -0.15) is 0 Å².